The fraction of sp³-hybridized carbons (Fsp3) is 0.0417. The first-order chi connectivity index (χ1) is 16.4. The second-order valence-electron chi connectivity index (χ2n) is 7.29. The number of benzene rings is 3. The van der Waals surface area contributed by atoms with Gasteiger partial charge in [0, 0.05) is 23.1 Å². The van der Waals surface area contributed by atoms with Crippen molar-refractivity contribution < 1.29 is 13.6 Å². The molecule has 0 aliphatic carbocycles. The smallest absolute Gasteiger partial charge is 0.258 e. The van der Waals surface area contributed by atoms with E-state index in [0.717, 1.165) is 12.1 Å². The van der Waals surface area contributed by atoms with E-state index in [0.29, 0.717) is 34.3 Å². The summed E-state index contributed by atoms with van der Waals surface area (Å²) in [5.41, 5.74) is 1.83. The molecule has 4 aromatic rings. The van der Waals surface area contributed by atoms with E-state index in [1.807, 2.05) is 0 Å². The highest BCUT2D eigenvalue weighted by molar-refractivity contribution is 6.05. The van der Waals surface area contributed by atoms with E-state index in [4.69, 9.17) is 0 Å². The number of aromatic nitrogens is 2. The number of nitroso groups, excluding NO2 is 1. The van der Waals surface area contributed by atoms with Gasteiger partial charge in [0.1, 0.15) is 35.3 Å². The molecule has 0 spiro atoms. The molecular weight excluding hydrogens is 442 g/mol. The first-order valence-electron chi connectivity index (χ1n) is 10.1. The molecule has 8 nitrogen and oxygen atoms in total. The lowest BCUT2D eigenvalue weighted by atomic mass is 10.1. The normalized spacial score (nSPS) is 10.4. The predicted molar refractivity (Wildman–Crippen MR) is 126 cm³/mol. The van der Waals surface area contributed by atoms with Crippen LogP contribution < -0.4 is 16.0 Å². The van der Waals surface area contributed by atoms with Gasteiger partial charge in [-0.3, -0.25) is 4.79 Å². The molecule has 3 aromatic carbocycles. The van der Waals surface area contributed by atoms with E-state index in [2.05, 4.69) is 31.1 Å². The molecule has 0 atom stereocenters. The highest BCUT2D eigenvalue weighted by atomic mass is 19.1. The second-order valence-corrected chi connectivity index (χ2v) is 7.29. The van der Waals surface area contributed by atoms with Crippen LogP contribution in [0.15, 0.2) is 78.2 Å². The van der Waals surface area contributed by atoms with Gasteiger partial charge < -0.3 is 16.0 Å². The van der Waals surface area contributed by atoms with Gasteiger partial charge in [-0.2, -0.15) is 0 Å². The summed E-state index contributed by atoms with van der Waals surface area (Å²) in [7, 11) is 0. The Kier molecular flexibility index (Phi) is 6.49. The van der Waals surface area contributed by atoms with Crippen molar-refractivity contribution in [1.29, 1.82) is 0 Å². The molecule has 10 heteroatoms. The zero-order valence-electron chi connectivity index (χ0n) is 17.8. The van der Waals surface area contributed by atoms with Gasteiger partial charge in [-0.1, -0.05) is 6.07 Å². The Balaban J connectivity index is 1.47. The number of hydrogen-bond donors (Lipinski definition) is 3. The molecule has 0 aliphatic heterocycles. The quantitative estimate of drug-likeness (QED) is 0.283. The molecule has 4 rings (SSSR count). The van der Waals surface area contributed by atoms with Crippen LogP contribution in [0, 0.1) is 23.5 Å². The van der Waals surface area contributed by atoms with Crippen LogP contribution in [0.1, 0.15) is 15.9 Å². The first-order valence-corrected chi connectivity index (χ1v) is 10.1. The van der Waals surface area contributed by atoms with Crippen LogP contribution in [0.2, 0.25) is 0 Å². The standard InChI is InChI=1S/C24H18F2N6O2/c1-14-9-17(5-7-20(14)25)30-23-12-22(27-13-28-23)29-15-3-2-4-16(10-15)31-24(33)19-11-18(32-34)6-8-21(19)26/h2-13H,1H3,(H,31,33)(H2,27,28,29,30). The molecule has 0 radical (unpaired) electrons. The maximum Gasteiger partial charge on any atom is 0.258 e. The summed E-state index contributed by atoms with van der Waals surface area (Å²) in [6.07, 6.45) is 1.36. The summed E-state index contributed by atoms with van der Waals surface area (Å²) in [4.78, 5) is 31.5. The van der Waals surface area contributed by atoms with E-state index in [9.17, 15) is 18.5 Å². The Morgan fingerprint density at radius 1 is 0.824 bits per heavy atom. The maximum atomic E-state index is 14.0. The van der Waals surface area contributed by atoms with Crippen molar-refractivity contribution in [2.75, 3.05) is 16.0 Å². The third-order valence-corrected chi connectivity index (χ3v) is 4.79. The zero-order valence-corrected chi connectivity index (χ0v) is 17.8. The molecule has 1 aromatic heterocycles. The fourth-order valence-corrected chi connectivity index (χ4v) is 3.13. The lowest BCUT2D eigenvalue weighted by molar-refractivity contribution is 0.102. The minimum atomic E-state index is -0.767. The summed E-state index contributed by atoms with van der Waals surface area (Å²) in [5, 5.41) is 11.5. The molecule has 34 heavy (non-hydrogen) atoms. The van der Waals surface area contributed by atoms with Crippen LogP contribution >= 0.6 is 0 Å². The molecular formula is C24H18F2N6O2. The van der Waals surface area contributed by atoms with Crippen LogP contribution in [0.3, 0.4) is 0 Å². The van der Waals surface area contributed by atoms with E-state index >= 15 is 0 Å². The van der Waals surface area contributed by atoms with E-state index in [1.54, 1.807) is 49.4 Å². The number of nitrogens with one attached hydrogen (secondary N) is 3. The van der Waals surface area contributed by atoms with Gasteiger partial charge in [0.05, 0.1) is 5.56 Å². The molecule has 0 unspecified atom stereocenters. The molecule has 0 aliphatic rings. The van der Waals surface area contributed by atoms with Gasteiger partial charge in [-0.15, -0.1) is 4.91 Å². The van der Waals surface area contributed by atoms with Crippen molar-refractivity contribution in [3.8, 4) is 0 Å². The number of anilines is 5. The average Bonchev–Trinajstić information content (AvgIpc) is 2.82. The van der Waals surface area contributed by atoms with Crippen molar-refractivity contribution in [1.82, 2.24) is 9.97 Å². The van der Waals surface area contributed by atoms with E-state index in [1.165, 1.54) is 18.5 Å². The molecule has 3 N–H and O–H groups in total. The fourth-order valence-electron chi connectivity index (χ4n) is 3.13. The van der Waals surface area contributed by atoms with Crippen molar-refractivity contribution in [3.63, 3.8) is 0 Å². The summed E-state index contributed by atoms with van der Waals surface area (Å²) < 4.78 is 27.5. The number of amides is 1. The first kappa shape index (κ1) is 22.5. The van der Waals surface area contributed by atoms with Crippen molar-refractivity contribution in [2.24, 2.45) is 5.18 Å². The largest absolute Gasteiger partial charge is 0.340 e. The highest BCUT2D eigenvalue weighted by Gasteiger charge is 2.13. The molecule has 0 saturated carbocycles. The second kappa shape index (κ2) is 9.82. The van der Waals surface area contributed by atoms with Crippen molar-refractivity contribution in [2.45, 2.75) is 6.92 Å². The Hall–Kier alpha value is -4.73. The number of rotatable bonds is 7. The zero-order chi connectivity index (χ0) is 24.1. The molecule has 0 fully saturated rings. The van der Waals surface area contributed by atoms with E-state index in [-0.39, 0.29) is 17.1 Å². The minimum absolute atomic E-state index is 0.0501. The number of hydrogen-bond acceptors (Lipinski definition) is 7. The van der Waals surface area contributed by atoms with Crippen LogP contribution in [0.25, 0.3) is 0 Å². The topological polar surface area (TPSA) is 108 Å². The highest BCUT2D eigenvalue weighted by Crippen LogP contribution is 2.24. The number of nitrogens with zero attached hydrogens (tertiary/aromatic N) is 3. The van der Waals surface area contributed by atoms with Crippen molar-refractivity contribution >= 4 is 40.3 Å². The van der Waals surface area contributed by atoms with Gasteiger partial charge in [0.25, 0.3) is 5.91 Å². The lowest BCUT2D eigenvalue weighted by Crippen LogP contribution is -2.13. The Morgan fingerprint density at radius 3 is 2.21 bits per heavy atom. The molecule has 1 heterocycles. The summed E-state index contributed by atoms with van der Waals surface area (Å²) in [6, 6.07) is 16.3. The van der Waals surface area contributed by atoms with E-state index < -0.39 is 11.7 Å². The summed E-state index contributed by atoms with van der Waals surface area (Å²) in [5.74, 6) is -0.819. The summed E-state index contributed by atoms with van der Waals surface area (Å²) >= 11 is 0. The monoisotopic (exact) mass is 460 g/mol. The Bertz CT molecular complexity index is 1380. The van der Waals surface area contributed by atoms with Crippen LogP contribution in [-0.2, 0) is 0 Å². The molecule has 1 amide bonds. The number of carbonyl (C=O) groups is 1. The third-order valence-electron chi connectivity index (χ3n) is 4.79. The SMILES string of the molecule is Cc1cc(Nc2cc(Nc3cccc(NC(=O)c4cc(N=O)ccc4F)c3)ncn2)ccc1F. The van der Waals surface area contributed by atoms with Crippen LogP contribution in [0.5, 0.6) is 0 Å². The Labute approximate surface area is 193 Å². The van der Waals surface area contributed by atoms with Gasteiger partial charge >= 0.3 is 0 Å². The molecule has 0 saturated heterocycles. The molecule has 170 valence electrons. The van der Waals surface area contributed by atoms with Crippen LogP contribution in [0.4, 0.5) is 43.2 Å². The molecule has 0 bridgehead atoms. The lowest BCUT2D eigenvalue weighted by Gasteiger charge is -2.11. The van der Waals surface area contributed by atoms with Crippen molar-refractivity contribution in [3.05, 3.63) is 101 Å². The van der Waals surface area contributed by atoms with Gasteiger partial charge in [-0.25, -0.2) is 18.7 Å². The predicted octanol–water partition coefficient (Wildman–Crippen LogP) is 6.20. The Morgan fingerprint density at radius 2 is 1.50 bits per heavy atom. The maximum absolute atomic E-state index is 14.0. The number of halogens is 2. The number of carbonyl (C=O) groups excluding carboxylic acids is 1. The number of aryl methyl sites for hydroxylation is 1. The summed E-state index contributed by atoms with van der Waals surface area (Å²) in [6.45, 7) is 1.67. The minimum Gasteiger partial charge on any atom is -0.340 e. The third kappa shape index (κ3) is 5.36. The van der Waals surface area contributed by atoms with Gasteiger partial charge in [0.2, 0.25) is 0 Å². The average molecular weight is 460 g/mol. The van der Waals surface area contributed by atoms with Crippen LogP contribution in [-0.4, -0.2) is 15.9 Å². The van der Waals surface area contributed by atoms with Gasteiger partial charge in [0.15, 0.2) is 0 Å². The van der Waals surface area contributed by atoms with Gasteiger partial charge in [-0.05, 0) is 72.3 Å².